The van der Waals surface area contributed by atoms with Crippen LogP contribution in [-0.4, -0.2) is 64.6 Å². The minimum Gasteiger partial charge on any atom is -0.491 e. The first-order valence-corrected chi connectivity index (χ1v) is 14.2. The van der Waals surface area contributed by atoms with Crippen molar-refractivity contribution in [3.63, 3.8) is 0 Å². The number of hydrogen-bond donors (Lipinski definition) is 4. The van der Waals surface area contributed by atoms with Gasteiger partial charge in [-0.25, -0.2) is 4.98 Å². The van der Waals surface area contributed by atoms with Gasteiger partial charge < -0.3 is 31.5 Å². The van der Waals surface area contributed by atoms with E-state index in [4.69, 9.17) is 21.2 Å². The Hall–Kier alpha value is -2.92. The highest BCUT2D eigenvalue weighted by molar-refractivity contribution is 8.01. The lowest BCUT2D eigenvalue weighted by atomic mass is 9.97. The van der Waals surface area contributed by atoms with Crippen LogP contribution >= 0.6 is 11.8 Å². The molecule has 38 heavy (non-hydrogen) atoms. The number of anilines is 1. The highest BCUT2D eigenvalue weighted by Gasteiger charge is 2.38. The second-order valence-corrected chi connectivity index (χ2v) is 11.2. The fourth-order valence-electron chi connectivity index (χ4n) is 5.24. The third-order valence-corrected chi connectivity index (χ3v) is 8.59. The Morgan fingerprint density at radius 2 is 2.11 bits per heavy atom. The molecule has 1 amide bonds. The Balaban J connectivity index is 1.12. The molecule has 3 atom stereocenters. The van der Waals surface area contributed by atoms with Gasteiger partial charge in [-0.15, -0.1) is 0 Å². The first-order chi connectivity index (χ1) is 18.4. The summed E-state index contributed by atoms with van der Waals surface area (Å²) in [5.41, 5.74) is 15.1. The molecule has 1 saturated heterocycles. The molecule has 3 unspecified atom stereocenters. The van der Waals surface area contributed by atoms with Crippen molar-refractivity contribution in [2.45, 2.75) is 61.1 Å². The van der Waals surface area contributed by atoms with Crippen molar-refractivity contribution < 1.29 is 14.6 Å². The summed E-state index contributed by atoms with van der Waals surface area (Å²) in [6, 6.07) is 11.7. The topological polar surface area (TPSA) is 140 Å². The van der Waals surface area contributed by atoms with Gasteiger partial charge in [-0.2, -0.15) is 0 Å². The molecular formula is C28H36N6O3S. The van der Waals surface area contributed by atoms with E-state index in [2.05, 4.69) is 28.2 Å². The fraction of sp³-hybridized carbons (Fsp3) is 0.464. The SMILES string of the molecule is CCCc1cc(N2CCC(NCC(O)COc3ccc4ncccc4c3)CC2)nc2c1C(N)C(C(N)=O)S2. The fourth-order valence-corrected chi connectivity index (χ4v) is 6.42. The summed E-state index contributed by atoms with van der Waals surface area (Å²) >= 11 is 1.39. The Kier molecular flexibility index (Phi) is 8.32. The van der Waals surface area contributed by atoms with Crippen LogP contribution in [0.3, 0.4) is 0 Å². The van der Waals surface area contributed by atoms with Crippen molar-refractivity contribution in [1.82, 2.24) is 15.3 Å². The van der Waals surface area contributed by atoms with E-state index in [-0.39, 0.29) is 6.61 Å². The summed E-state index contributed by atoms with van der Waals surface area (Å²) in [5, 5.41) is 15.4. The molecule has 0 spiro atoms. The summed E-state index contributed by atoms with van der Waals surface area (Å²) in [7, 11) is 0. The molecule has 5 rings (SSSR count). The number of amides is 1. The van der Waals surface area contributed by atoms with Crippen LogP contribution in [0.15, 0.2) is 47.6 Å². The lowest BCUT2D eigenvalue weighted by molar-refractivity contribution is -0.117. The van der Waals surface area contributed by atoms with Gasteiger partial charge in [0.1, 0.15) is 34.6 Å². The van der Waals surface area contributed by atoms with Crippen LogP contribution in [0, 0.1) is 0 Å². The third-order valence-electron chi connectivity index (χ3n) is 7.27. The smallest absolute Gasteiger partial charge is 0.232 e. The van der Waals surface area contributed by atoms with E-state index in [1.807, 2.05) is 30.3 Å². The molecule has 10 heteroatoms. The molecule has 0 saturated carbocycles. The number of thioether (sulfide) groups is 1. The Labute approximate surface area is 227 Å². The van der Waals surface area contributed by atoms with E-state index >= 15 is 0 Å². The number of aliphatic hydroxyl groups is 1. The average Bonchev–Trinajstić information content (AvgIpc) is 3.27. The summed E-state index contributed by atoms with van der Waals surface area (Å²) in [4.78, 5) is 23.4. The maximum Gasteiger partial charge on any atom is 0.232 e. The van der Waals surface area contributed by atoms with Crippen LogP contribution < -0.4 is 26.4 Å². The lowest BCUT2D eigenvalue weighted by Crippen LogP contribution is -2.45. The predicted molar refractivity (Wildman–Crippen MR) is 150 cm³/mol. The Morgan fingerprint density at radius 3 is 2.87 bits per heavy atom. The monoisotopic (exact) mass is 536 g/mol. The van der Waals surface area contributed by atoms with Crippen molar-refractivity contribution in [2.75, 3.05) is 31.1 Å². The molecule has 0 radical (unpaired) electrons. The molecule has 6 N–H and O–H groups in total. The van der Waals surface area contributed by atoms with Gasteiger partial charge in [-0.1, -0.05) is 31.2 Å². The van der Waals surface area contributed by atoms with E-state index in [0.29, 0.717) is 12.6 Å². The number of aliphatic hydroxyl groups excluding tert-OH is 1. The highest BCUT2D eigenvalue weighted by Crippen LogP contribution is 2.45. The highest BCUT2D eigenvalue weighted by atomic mass is 32.2. The molecule has 0 aliphatic carbocycles. The molecule has 4 heterocycles. The number of ether oxygens (including phenoxy) is 1. The third kappa shape index (κ3) is 5.88. The summed E-state index contributed by atoms with van der Waals surface area (Å²) in [6.45, 7) is 4.57. The molecule has 2 aliphatic heterocycles. The van der Waals surface area contributed by atoms with E-state index in [9.17, 15) is 9.90 Å². The number of nitrogens with zero attached hydrogens (tertiary/aromatic N) is 3. The number of carbonyl (C=O) groups is 1. The van der Waals surface area contributed by atoms with Crippen molar-refractivity contribution in [2.24, 2.45) is 11.5 Å². The predicted octanol–water partition coefficient (Wildman–Crippen LogP) is 2.54. The maximum atomic E-state index is 11.9. The van der Waals surface area contributed by atoms with Crippen molar-refractivity contribution in [3.05, 3.63) is 53.7 Å². The van der Waals surface area contributed by atoms with Gasteiger partial charge in [-0.3, -0.25) is 9.78 Å². The number of nitrogens with two attached hydrogens (primary N) is 2. The molecule has 202 valence electrons. The zero-order chi connectivity index (χ0) is 26.6. The van der Waals surface area contributed by atoms with Gasteiger partial charge in [0.05, 0.1) is 11.6 Å². The van der Waals surface area contributed by atoms with Crippen molar-refractivity contribution in [3.8, 4) is 5.75 Å². The van der Waals surface area contributed by atoms with E-state index in [1.54, 1.807) is 6.20 Å². The van der Waals surface area contributed by atoms with Crippen molar-refractivity contribution in [1.29, 1.82) is 0 Å². The number of nitrogens with one attached hydrogen (secondary N) is 1. The molecule has 1 fully saturated rings. The number of piperidine rings is 1. The van der Waals surface area contributed by atoms with E-state index in [0.717, 1.165) is 71.8 Å². The van der Waals surface area contributed by atoms with Gasteiger partial charge >= 0.3 is 0 Å². The summed E-state index contributed by atoms with van der Waals surface area (Å²) < 4.78 is 5.81. The number of primary amides is 1. The number of fused-ring (bicyclic) bond motifs is 2. The van der Waals surface area contributed by atoms with E-state index in [1.165, 1.54) is 17.3 Å². The van der Waals surface area contributed by atoms with Crippen LogP contribution in [0.25, 0.3) is 10.9 Å². The number of pyridine rings is 2. The zero-order valence-electron chi connectivity index (χ0n) is 21.7. The number of hydrogen-bond acceptors (Lipinski definition) is 9. The van der Waals surface area contributed by atoms with Gasteiger partial charge in [0.25, 0.3) is 0 Å². The van der Waals surface area contributed by atoms with Gasteiger partial charge in [0.15, 0.2) is 0 Å². The molecular weight excluding hydrogens is 500 g/mol. The number of carbonyl (C=O) groups excluding carboxylic acids is 1. The molecule has 0 bridgehead atoms. The number of benzene rings is 1. The molecule has 9 nitrogen and oxygen atoms in total. The van der Waals surface area contributed by atoms with Gasteiger partial charge in [-0.05, 0) is 55.2 Å². The minimum atomic E-state index is -0.605. The van der Waals surface area contributed by atoms with Crippen LogP contribution in [-0.2, 0) is 11.2 Å². The Bertz CT molecular complexity index is 1280. The van der Waals surface area contributed by atoms with Crippen molar-refractivity contribution >= 4 is 34.4 Å². The standard InChI is InChI=1S/C28H36N6O3S/c1-2-4-18-14-23(33-28-24(18)25(29)26(38-28)27(30)36)34-11-8-19(9-12-34)32-15-20(35)16-37-21-6-7-22-17(13-21)5-3-10-31-22/h3,5-7,10,13-14,19-20,25-26,32,35H,2,4,8-9,11-12,15-16,29H2,1H3,(H2,30,36). The zero-order valence-corrected chi connectivity index (χ0v) is 22.5. The average molecular weight is 537 g/mol. The largest absolute Gasteiger partial charge is 0.491 e. The minimum absolute atomic E-state index is 0.225. The van der Waals surface area contributed by atoms with Crippen LogP contribution in [0.1, 0.15) is 43.4 Å². The molecule has 2 aliphatic rings. The second kappa shape index (κ2) is 11.9. The molecule has 1 aromatic carbocycles. The van der Waals surface area contributed by atoms with Gasteiger partial charge in [0.2, 0.25) is 5.91 Å². The normalized spacial score (nSPS) is 20.4. The maximum absolute atomic E-state index is 11.9. The number of aromatic nitrogens is 2. The lowest BCUT2D eigenvalue weighted by Gasteiger charge is -2.34. The first kappa shape index (κ1) is 26.7. The number of rotatable bonds is 10. The quantitative estimate of drug-likeness (QED) is 0.308. The molecule has 2 aromatic heterocycles. The summed E-state index contributed by atoms with van der Waals surface area (Å²) in [5.74, 6) is 1.27. The summed E-state index contributed by atoms with van der Waals surface area (Å²) in [6.07, 6.45) is 4.94. The Morgan fingerprint density at radius 1 is 1.29 bits per heavy atom. The van der Waals surface area contributed by atoms with Crippen LogP contribution in [0.5, 0.6) is 5.75 Å². The van der Waals surface area contributed by atoms with Gasteiger partial charge in [0, 0.05) is 42.8 Å². The first-order valence-electron chi connectivity index (χ1n) is 13.3. The van der Waals surface area contributed by atoms with E-state index < -0.39 is 23.3 Å². The van der Waals surface area contributed by atoms with Crippen LogP contribution in [0.4, 0.5) is 5.82 Å². The number of aryl methyl sites for hydroxylation is 1. The van der Waals surface area contributed by atoms with Crippen LogP contribution in [0.2, 0.25) is 0 Å². The molecule has 3 aromatic rings. The second-order valence-electron chi connectivity index (χ2n) is 10.1.